The molecule has 1 aromatic heterocycles. The molecule has 0 bridgehead atoms. The second-order valence-corrected chi connectivity index (χ2v) is 7.86. The predicted octanol–water partition coefficient (Wildman–Crippen LogP) is 7.50. The summed E-state index contributed by atoms with van der Waals surface area (Å²) in [6.07, 6.45) is 6.47. The Morgan fingerprint density at radius 1 is 0.656 bits per heavy atom. The van der Waals surface area contributed by atoms with Gasteiger partial charge in [0.15, 0.2) is 17.5 Å². The van der Waals surface area contributed by atoms with Crippen molar-refractivity contribution in [2.24, 2.45) is 0 Å². The lowest BCUT2D eigenvalue weighted by Crippen LogP contribution is -2.00. The molecule has 0 N–H and O–H groups in total. The van der Waals surface area contributed by atoms with Gasteiger partial charge in [-0.15, -0.1) is 0 Å². The highest BCUT2D eigenvalue weighted by molar-refractivity contribution is 5.66. The normalized spacial score (nSPS) is 12.8. The summed E-state index contributed by atoms with van der Waals surface area (Å²) in [7, 11) is 0. The van der Waals surface area contributed by atoms with Gasteiger partial charge in [-0.1, -0.05) is 116 Å². The van der Waals surface area contributed by atoms with Crippen LogP contribution in [0.1, 0.15) is 32.3 Å². The molecule has 4 rings (SSSR count). The molecule has 0 amide bonds. The van der Waals surface area contributed by atoms with Crippen LogP contribution in [0.3, 0.4) is 0 Å². The summed E-state index contributed by atoms with van der Waals surface area (Å²) in [6, 6.07) is 28.6. The number of benzene rings is 3. The van der Waals surface area contributed by atoms with E-state index in [1.54, 1.807) is 0 Å². The van der Waals surface area contributed by atoms with E-state index >= 15 is 0 Å². The first-order valence-corrected chi connectivity index (χ1v) is 10.9. The molecule has 0 saturated carbocycles. The number of allylic oxidation sites excluding steroid dienone is 4. The van der Waals surface area contributed by atoms with Crippen LogP contribution in [0.15, 0.2) is 109 Å². The highest BCUT2D eigenvalue weighted by atomic mass is 15.0. The molecule has 3 heteroatoms. The molecule has 4 aromatic rings. The average Bonchev–Trinajstić information content (AvgIpc) is 2.85. The molecule has 0 radical (unpaired) electrons. The van der Waals surface area contributed by atoms with Crippen LogP contribution in [-0.4, -0.2) is 15.0 Å². The number of rotatable bonds is 6. The lowest BCUT2D eigenvalue weighted by Gasteiger charge is -2.11. The van der Waals surface area contributed by atoms with E-state index in [0.717, 1.165) is 16.7 Å². The third-order valence-electron chi connectivity index (χ3n) is 5.34. The summed E-state index contributed by atoms with van der Waals surface area (Å²) < 4.78 is 0. The lowest BCUT2D eigenvalue weighted by atomic mass is 9.97. The van der Waals surface area contributed by atoms with E-state index < -0.39 is 0 Å². The van der Waals surface area contributed by atoms with Crippen LogP contribution in [0.25, 0.3) is 34.2 Å². The van der Waals surface area contributed by atoms with Gasteiger partial charge in [0.25, 0.3) is 0 Å². The van der Waals surface area contributed by atoms with Crippen molar-refractivity contribution in [3.05, 3.63) is 114 Å². The van der Waals surface area contributed by atoms with Gasteiger partial charge in [-0.25, -0.2) is 15.0 Å². The van der Waals surface area contributed by atoms with Gasteiger partial charge in [-0.05, 0) is 25.3 Å². The Morgan fingerprint density at radius 3 is 1.53 bits per heavy atom. The van der Waals surface area contributed by atoms with E-state index in [1.807, 2.05) is 67.6 Å². The fourth-order valence-electron chi connectivity index (χ4n) is 3.68. The molecule has 32 heavy (non-hydrogen) atoms. The third kappa shape index (κ3) is 5.06. The number of nitrogens with zero attached hydrogens (tertiary/aromatic N) is 3. The quantitative estimate of drug-likeness (QED) is 0.305. The molecule has 0 aliphatic rings. The van der Waals surface area contributed by atoms with Crippen molar-refractivity contribution in [2.75, 3.05) is 0 Å². The van der Waals surface area contributed by atoms with Crippen molar-refractivity contribution in [2.45, 2.75) is 26.7 Å². The molecule has 0 fully saturated rings. The molecule has 158 valence electrons. The maximum atomic E-state index is 4.80. The Kier molecular flexibility index (Phi) is 6.66. The standard InChI is InChI=1S/C29H27N3/c1-4-11-21(2)20-22(3)23-16-18-26(19-17-23)29-31-27(24-12-7-5-8-13-24)30-28(32-29)25-14-9-6-10-15-25/h4-20,22H,1-3H3/b11-4-,21-20-/t22-/m0/s1. The fourth-order valence-corrected chi connectivity index (χ4v) is 3.68. The van der Waals surface area contributed by atoms with Crippen molar-refractivity contribution in [1.82, 2.24) is 15.0 Å². The van der Waals surface area contributed by atoms with E-state index in [0.29, 0.717) is 23.4 Å². The van der Waals surface area contributed by atoms with E-state index in [9.17, 15) is 0 Å². The van der Waals surface area contributed by atoms with Gasteiger partial charge in [-0.3, -0.25) is 0 Å². The van der Waals surface area contributed by atoms with Crippen molar-refractivity contribution in [3.8, 4) is 34.2 Å². The molecule has 0 unspecified atom stereocenters. The SMILES string of the molecule is C/C=C\C(C)=C/[C@H](C)c1ccc(-c2nc(-c3ccccc3)nc(-c3ccccc3)n2)cc1. The zero-order valence-electron chi connectivity index (χ0n) is 18.7. The minimum atomic E-state index is 0.332. The van der Waals surface area contributed by atoms with Crippen LogP contribution in [-0.2, 0) is 0 Å². The molecule has 0 aliphatic heterocycles. The summed E-state index contributed by atoms with van der Waals surface area (Å²) in [4.78, 5) is 14.4. The first kappa shape index (κ1) is 21.4. The van der Waals surface area contributed by atoms with E-state index in [4.69, 9.17) is 15.0 Å². The van der Waals surface area contributed by atoms with Crippen LogP contribution in [0.2, 0.25) is 0 Å². The first-order chi connectivity index (χ1) is 15.6. The highest BCUT2D eigenvalue weighted by Gasteiger charge is 2.12. The molecular formula is C29H27N3. The Bertz CT molecular complexity index is 1170. The summed E-state index contributed by atoms with van der Waals surface area (Å²) >= 11 is 0. The Morgan fingerprint density at radius 2 is 1.09 bits per heavy atom. The molecule has 1 heterocycles. The van der Waals surface area contributed by atoms with Crippen LogP contribution in [0, 0.1) is 0 Å². The predicted molar refractivity (Wildman–Crippen MR) is 133 cm³/mol. The summed E-state index contributed by atoms with van der Waals surface area (Å²) in [5.41, 5.74) is 5.46. The first-order valence-electron chi connectivity index (χ1n) is 10.9. The van der Waals surface area contributed by atoms with Gasteiger partial charge in [0.1, 0.15) is 0 Å². The molecule has 0 aliphatic carbocycles. The van der Waals surface area contributed by atoms with Crippen molar-refractivity contribution in [1.29, 1.82) is 0 Å². The number of aromatic nitrogens is 3. The highest BCUT2D eigenvalue weighted by Crippen LogP contribution is 2.26. The Hall–Kier alpha value is -3.85. The van der Waals surface area contributed by atoms with Crippen molar-refractivity contribution < 1.29 is 0 Å². The minimum Gasteiger partial charge on any atom is -0.208 e. The molecule has 1 atom stereocenters. The second kappa shape index (κ2) is 9.97. The third-order valence-corrected chi connectivity index (χ3v) is 5.34. The number of hydrogen-bond acceptors (Lipinski definition) is 3. The largest absolute Gasteiger partial charge is 0.208 e. The fraction of sp³-hybridized carbons (Fsp3) is 0.138. The number of hydrogen-bond donors (Lipinski definition) is 0. The van der Waals surface area contributed by atoms with Gasteiger partial charge in [0.2, 0.25) is 0 Å². The van der Waals surface area contributed by atoms with E-state index in [2.05, 4.69) is 56.3 Å². The van der Waals surface area contributed by atoms with Gasteiger partial charge in [0.05, 0.1) is 0 Å². The summed E-state index contributed by atoms with van der Waals surface area (Å²) in [5, 5.41) is 0. The van der Waals surface area contributed by atoms with Crippen LogP contribution in [0.5, 0.6) is 0 Å². The van der Waals surface area contributed by atoms with Crippen molar-refractivity contribution >= 4 is 0 Å². The minimum absolute atomic E-state index is 0.332. The second-order valence-electron chi connectivity index (χ2n) is 7.86. The molecule has 3 nitrogen and oxygen atoms in total. The maximum absolute atomic E-state index is 4.80. The maximum Gasteiger partial charge on any atom is 0.164 e. The summed E-state index contributed by atoms with van der Waals surface area (Å²) in [5.74, 6) is 2.37. The Labute approximate surface area is 190 Å². The van der Waals surface area contributed by atoms with Crippen LogP contribution in [0.4, 0.5) is 0 Å². The zero-order valence-corrected chi connectivity index (χ0v) is 18.7. The summed E-state index contributed by atoms with van der Waals surface area (Å²) in [6.45, 7) is 6.39. The van der Waals surface area contributed by atoms with Gasteiger partial charge < -0.3 is 0 Å². The van der Waals surface area contributed by atoms with Gasteiger partial charge >= 0.3 is 0 Å². The van der Waals surface area contributed by atoms with E-state index in [-0.39, 0.29) is 0 Å². The average molecular weight is 418 g/mol. The van der Waals surface area contributed by atoms with E-state index in [1.165, 1.54) is 11.1 Å². The molecule has 0 saturated heterocycles. The molecule has 0 spiro atoms. The Balaban J connectivity index is 1.73. The molecular weight excluding hydrogens is 390 g/mol. The monoisotopic (exact) mass is 417 g/mol. The van der Waals surface area contributed by atoms with Crippen LogP contribution < -0.4 is 0 Å². The molecule has 3 aromatic carbocycles. The smallest absolute Gasteiger partial charge is 0.164 e. The van der Waals surface area contributed by atoms with Gasteiger partial charge in [-0.2, -0.15) is 0 Å². The zero-order chi connectivity index (χ0) is 22.3. The lowest BCUT2D eigenvalue weighted by molar-refractivity contribution is 0.957. The van der Waals surface area contributed by atoms with Crippen molar-refractivity contribution in [3.63, 3.8) is 0 Å². The topological polar surface area (TPSA) is 38.7 Å². The van der Waals surface area contributed by atoms with Crippen LogP contribution >= 0.6 is 0 Å². The van der Waals surface area contributed by atoms with Gasteiger partial charge in [0, 0.05) is 16.7 Å².